The molecule has 0 spiro atoms. The highest BCUT2D eigenvalue weighted by Crippen LogP contribution is 2.39. The Bertz CT molecular complexity index is 1030. The van der Waals surface area contributed by atoms with E-state index < -0.39 is 5.41 Å². The van der Waals surface area contributed by atoms with Crippen LogP contribution in [0.3, 0.4) is 0 Å². The summed E-state index contributed by atoms with van der Waals surface area (Å²) in [7, 11) is 1.43. The van der Waals surface area contributed by atoms with Crippen LogP contribution in [0.4, 0.5) is 5.13 Å². The van der Waals surface area contributed by atoms with Crippen LogP contribution in [0.25, 0.3) is 9.53 Å². The van der Waals surface area contributed by atoms with Crippen LogP contribution in [0.5, 0.6) is 0 Å². The van der Waals surface area contributed by atoms with Crippen molar-refractivity contribution in [2.75, 3.05) is 38.2 Å². The molecule has 1 aliphatic rings. The minimum absolute atomic E-state index is 0.0196. The van der Waals surface area contributed by atoms with Crippen LogP contribution in [-0.4, -0.2) is 55.0 Å². The number of rotatable bonds is 6. The van der Waals surface area contributed by atoms with Crippen LogP contribution in [0.15, 0.2) is 36.4 Å². The van der Waals surface area contributed by atoms with Crippen molar-refractivity contribution >= 4 is 49.2 Å². The highest BCUT2D eigenvalue weighted by molar-refractivity contribution is 7.29. The van der Waals surface area contributed by atoms with Crippen molar-refractivity contribution in [3.63, 3.8) is 0 Å². The Morgan fingerprint density at radius 3 is 2.39 bits per heavy atom. The van der Waals surface area contributed by atoms with Gasteiger partial charge in [0.1, 0.15) is 4.83 Å². The summed E-state index contributed by atoms with van der Waals surface area (Å²) in [6.45, 7) is 7.11. The fourth-order valence-corrected chi connectivity index (χ4v) is 6.58. The predicted octanol–water partition coefficient (Wildman–Crippen LogP) is 4.55. The lowest BCUT2D eigenvalue weighted by Crippen LogP contribution is -2.49. The summed E-state index contributed by atoms with van der Waals surface area (Å²) < 4.78 is 6.21. The minimum Gasteiger partial charge on any atom is -0.468 e. The molecule has 6 nitrogen and oxygen atoms in total. The topological polar surface area (TPSA) is 62.7 Å². The van der Waals surface area contributed by atoms with Crippen LogP contribution in [0, 0.1) is 0 Å². The van der Waals surface area contributed by atoms with E-state index in [-0.39, 0.29) is 11.9 Å². The second-order valence-corrected chi connectivity index (χ2v) is 9.72. The number of likely N-dealkylation sites (tertiary alicyclic amines) is 1. The second kappa shape index (κ2) is 8.96. The van der Waals surface area contributed by atoms with Crippen molar-refractivity contribution in [1.29, 1.82) is 0 Å². The number of fused-ring (bicyclic) bond motifs is 1. The van der Waals surface area contributed by atoms with Crippen LogP contribution in [0.1, 0.15) is 41.9 Å². The number of nitrogens with zero attached hydrogens (tertiary/aromatic N) is 3. The molecule has 8 heteroatoms. The standard InChI is InChI=1S/C23H27N3O3S2/c1-4-25(5-2)22-24-19-17(31-22)15-18(30-19)20(27)26-13-11-23(12-14-26,21(28)29-3)16-9-7-6-8-10-16/h6-10,15H,4-5,11-14H2,1-3H3. The van der Waals surface area contributed by atoms with E-state index in [0.717, 1.165) is 33.3 Å². The molecular weight excluding hydrogens is 430 g/mol. The molecule has 0 saturated carbocycles. The monoisotopic (exact) mass is 457 g/mol. The molecule has 31 heavy (non-hydrogen) atoms. The van der Waals surface area contributed by atoms with Crippen molar-refractivity contribution in [3.8, 4) is 0 Å². The maximum Gasteiger partial charge on any atom is 0.316 e. The third-order valence-corrected chi connectivity index (χ3v) is 8.34. The van der Waals surface area contributed by atoms with Gasteiger partial charge in [0, 0.05) is 26.2 Å². The zero-order valence-electron chi connectivity index (χ0n) is 18.1. The zero-order valence-corrected chi connectivity index (χ0v) is 19.7. The average molecular weight is 458 g/mol. The van der Waals surface area contributed by atoms with Gasteiger partial charge in [-0.3, -0.25) is 9.59 Å². The molecule has 1 fully saturated rings. The van der Waals surface area contributed by atoms with Crippen LogP contribution in [-0.2, 0) is 14.9 Å². The summed E-state index contributed by atoms with van der Waals surface area (Å²) in [5.74, 6) is -0.207. The molecule has 1 aliphatic heterocycles. The fraction of sp³-hybridized carbons (Fsp3) is 0.435. The molecule has 0 atom stereocenters. The molecule has 164 valence electrons. The number of esters is 1. The van der Waals surface area contributed by atoms with Crippen molar-refractivity contribution in [1.82, 2.24) is 9.88 Å². The molecule has 4 rings (SSSR count). The number of hydrogen-bond acceptors (Lipinski definition) is 7. The van der Waals surface area contributed by atoms with E-state index in [1.165, 1.54) is 18.4 Å². The Hall–Kier alpha value is -2.45. The van der Waals surface area contributed by atoms with Gasteiger partial charge in [0.15, 0.2) is 5.13 Å². The van der Waals surface area contributed by atoms with Crippen molar-refractivity contribution in [2.24, 2.45) is 0 Å². The predicted molar refractivity (Wildman–Crippen MR) is 126 cm³/mol. The van der Waals surface area contributed by atoms with Gasteiger partial charge in [0.05, 0.1) is 22.1 Å². The van der Waals surface area contributed by atoms with Gasteiger partial charge in [-0.05, 0) is 38.3 Å². The number of aromatic nitrogens is 1. The number of amides is 1. The van der Waals surface area contributed by atoms with Crippen LogP contribution >= 0.6 is 22.7 Å². The molecule has 1 aromatic carbocycles. The second-order valence-electron chi connectivity index (χ2n) is 7.68. The minimum atomic E-state index is -0.692. The summed E-state index contributed by atoms with van der Waals surface area (Å²) in [6.07, 6.45) is 1.11. The maximum absolute atomic E-state index is 13.2. The number of hydrogen-bond donors (Lipinski definition) is 0. The average Bonchev–Trinajstić information content (AvgIpc) is 3.39. The van der Waals surface area contributed by atoms with Gasteiger partial charge in [-0.25, -0.2) is 4.98 Å². The number of anilines is 1. The third-order valence-electron chi connectivity index (χ3n) is 6.13. The molecule has 0 aliphatic carbocycles. The van der Waals surface area contributed by atoms with Gasteiger partial charge in [0.25, 0.3) is 5.91 Å². The Morgan fingerprint density at radius 1 is 1.13 bits per heavy atom. The first-order valence-electron chi connectivity index (χ1n) is 10.6. The molecule has 1 saturated heterocycles. The molecule has 0 N–H and O–H groups in total. The Kier molecular flexibility index (Phi) is 6.29. The normalized spacial score (nSPS) is 15.8. The van der Waals surface area contributed by atoms with E-state index in [1.54, 1.807) is 11.3 Å². The lowest BCUT2D eigenvalue weighted by atomic mass is 9.72. The van der Waals surface area contributed by atoms with E-state index in [9.17, 15) is 9.59 Å². The first kappa shape index (κ1) is 21.8. The maximum atomic E-state index is 13.2. The molecule has 0 unspecified atom stereocenters. The quantitative estimate of drug-likeness (QED) is 0.508. The van der Waals surface area contributed by atoms with Gasteiger partial charge < -0.3 is 14.5 Å². The van der Waals surface area contributed by atoms with Gasteiger partial charge >= 0.3 is 5.97 Å². The first-order chi connectivity index (χ1) is 15.0. The Labute approximate surface area is 190 Å². The molecule has 0 radical (unpaired) electrons. The van der Waals surface area contributed by atoms with E-state index in [2.05, 4.69) is 18.7 Å². The molecule has 3 heterocycles. The largest absolute Gasteiger partial charge is 0.468 e. The fourth-order valence-electron chi connectivity index (χ4n) is 4.27. The number of ether oxygens (including phenoxy) is 1. The van der Waals surface area contributed by atoms with Crippen molar-refractivity contribution in [3.05, 3.63) is 46.8 Å². The van der Waals surface area contributed by atoms with E-state index in [4.69, 9.17) is 9.72 Å². The number of thiophene rings is 1. The van der Waals surface area contributed by atoms with Gasteiger partial charge in [-0.1, -0.05) is 41.7 Å². The van der Waals surface area contributed by atoms with Crippen molar-refractivity contribution < 1.29 is 14.3 Å². The number of methoxy groups -OCH3 is 1. The van der Waals surface area contributed by atoms with Crippen molar-refractivity contribution in [2.45, 2.75) is 32.1 Å². The Morgan fingerprint density at radius 2 is 1.81 bits per heavy atom. The zero-order chi connectivity index (χ0) is 22.0. The summed E-state index contributed by atoms with van der Waals surface area (Å²) in [4.78, 5) is 36.3. The van der Waals surface area contributed by atoms with E-state index in [1.807, 2.05) is 41.3 Å². The molecule has 0 bridgehead atoms. The summed E-state index contributed by atoms with van der Waals surface area (Å²) in [5.41, 5.74) is 0.265. The van der Waals surface area contributed by atoms with Gasteiger partial charge in [-0.15, -0.1) is 11.3 Å². The number of carbonyl (C=O) groups is 2. The molecule has 3 aromatic rings. The van der Waals surface area contributed by atoms with Gasteiger partial charge in [-0.2, -0.15) is 0 Å². The number of carbonyl (C=O) groups excluding carboxylic acids is 2. The van der Waals surface area contributed by atoms with E-state index >= 15 is 0 Å². The number of piperidine rings is 1. The van der Waals surface area contributed by atoms with Gasteiger partial charge in [0.2, 0.25) is 0 Å². The number of thiazole rings is 1. The molecule has 2 aromatic heterocycles. The van der Waals surface area contributed by atoms with Crippen LogP contribution in [0.2, 0.25) is 0 Å². The van der Waals surface area contributed by atoms with E-state index in [0.29, 0.717) is 30.8 Å². The number of benzene rings is 1. The third kappa shape index (κ3) is 3.94. The Balaban J connectivity index is 1.51. The van der Waals surface area contributed by atoms with Crippen LogP contribution < -0.4 is 4.90 Å². The summed E-state index contributed by atoms with van der Waals surface area (Å²) in [5, 5.41) is 1.01. The molecular formula is C23H27N3O3S2. The first-order valence-corrected chi connectivity index (χ1v) is 12.2. The molecule has 1 amide bonds. The summed E-state index contributed by atoms with van der Waals surface area (Å²) in [6, 6.07) is 11.7. The lowest BCUT2D eigenvalue weighted by Gasteiger charge is -2.39. The SMILES string of the molecule is CCN(CC)c1nc2sc(C(=O)N3CCC(C(=O)OC)(c4ccccc4)CC3)cc2s1. The highest BCUT2D eigenvalue weighted by Gasteiger charge is 2.44. The smallest absolute Gasteiger partial charge is 0.316 e. The highest BCUT2D eigenvalue weighted by atomic mass is 32.1. The summed E-state index contributed by atoms with van der Waals surface area (Å²) >= 11 is 3.09. The lowest BCUT2D eigenvalue weighted by molar-refractivity contribution is -0.149.